The van der Waals surface area contributed by atoms with Gasteiger partial charge in [0.05, 0.1) is 0 Å². The molecule has 0 aromatic heterocycles. The Balaban J connectivity index is 1.43. The maximum atomic E-state index is 13.1. The zero-order chi connectivity index (χ0) is 17.5. The fraction of sp³-hybridized carbons (Fsp3) is 0.143. The summed E-state index contributed by atoms with van der Waals surface area (Å²) in [5, 5.41) is 12.6. The van der Waals surface area contributed by atoms with Crippen LogP contribution in [0.5, 0.6) is 11.5 Å². The first-order valence-electron chi connectivity index (χ1n) is 8.18. The first-order valence-corrected chi connectivity index (χ1v) is 8.18. The largest absolute Gasteiger partial charge is 0.508 e. The Morgan fingerprint density at radius 1 is 0.880 bits per heavy atom. The average Bonchev–Trinajstić information content (AvgIpc) is 2.63. The van der Waals surface area contributed by atoms with Crippen molar-refractivity contribution in [3.8, 4) is 22.6 Å². The standard InChI is InChI=1S/C21H20FNO2/c22-19-3-1-2-16(14-19)15-23-12-13-25-21-10-6-18(7-11-21)17-4-8-20(24)9-5-17/h1-11,14,23-24H,12-13,15H2. The van der Waals surface area contributed by atoms with E-state index in [9.17, 15) is 9.50 Å². The molecule has 0 aliphatic carbocycles. The monoisotopic (exact) mass is 337 g/mol. The minimum Gasteiger partial charge on any atom is -0.508 e. The zero-order valence-corrected chi connectivity index (χ0v) is 13.8. The van der Waals surface area contributed by atoms with Gasteiger partial charge in [-0.1, -0.05) is 36.4 Å². The lowest BCUT2D eigenvalue weighted by Gasteiger charge is -2.09. The van der Waals surface area contributed by atoms with E-state index in [0.717, 1.165) is 22.4 Å². The SMILES string of the molecule is Oc1ccc(-c2ccc(OCCNCc3cccc(F)c3)cc2)cc1. The molecule has 4 heteroatoms. The lowest BCUT2D eigenvalue weighted by molar-refractivity contribution is 0.313. The fourth-order valence-electron chi connectivity index (χ4n) is 2.52. The number of hydrogen-bond donors (Lipinski definition) is 2. The zero-order valence-electron chi connectivity index (χ0n) is 13.8. The summed E-state index contributed by atoms with van der Waals surface area (Å²) in [4.78, 5) is 0. The van der Waals surface area contributed by atoms with Gasteiger partial charge in [0.15, 0.2) is 0 Å². The molecular weight excluding hydrogens is 317 g/mol. The van der Waals surface area contributed by atoms with Gasteiger partial charge in [-0.3, -0.25) is 0 Å². The van der Waals surface area contributed by atoms with Crippen molar-refractivity contribution in [3.63, 3.8) is 0 Å². The van der Waals surface area contributed by atoms with Gasteiger partial charge in [0.25, 0.3) is 0 Å². The van der Waals surface area contributed by atoms with Gasteiger partial charge in [-0.15, -0.1) is 0 Å². The smallest absolute Gasteiger partial charge is 0.123 e. The molecule has 0 spiro atoms. The number of nitrogens with one attached hydrogen (secondary N) is 1. The maximum Gasteiger partial charge on any atom is 0.123 e. The predicted molar refractivity (Wildman–Crippen MR) is 97.1 cm³/mol. The average molecular weight is 337 g/mol. The topological polar surface area (TPSA) is 41.5 Å². The Kier molecular flexibility index (Phi) is 5.65. The summed E-state index contributed by atoms with van der Waals surface area (Å²) in [5.74, 6) is 0.841. The molecular formula is C21H20FNO2. The number of phenolic OH excluding ortho intramolecular Hbond substituents is 1. The van der Waals surface area contributed by atoms with Crippen LogP contribution in [0, 0.1) is 5.82 Å². The van der Waals surface area contributed by atoms with E-state index in [1.54, 1.807) is 18.2 Å². The summed E-state index contributed by atoms with van der Waals surface area (Å²) in [7, 11) is 0. The second kappa shape index (κ2) is 8.31. The Morgan fingerprint density at radius 3 is 2.24 bits per heavy atom. The number of hydrogen-bond acceptors (Lipinski definition) is 3. The number of phenols is 1. The molecule has 0 radical (unpaired) electrons. The summed E-state index contributed by atoms with van der Waals surface area (Å²) in [6, 6.07) is 21.5. The third kappa shape index (κ3) is 5.06. The molecule has 0 aliphatic heterocycles. The Hall–Kier alpha value is -2.85. The van der Waals surface area contributed by atoms with E-state index < -0.39 is 0 Å². The van der Waals surface area contributed by atoms with Crippen LogP contribution in [0.3, 0.4) is 0 Å². The van der Waals surface area contributed by atoms with E-state index in [0.29, 0.717) is 19.7 Å². The van der Waals surface area contributed by atoms with Gasteiger partial charge in [-0.2, -0.15) is 0 Å². The molecule has 3 aromatic rings. The van der Waals surface area contributed by atoms with Crippen LogP contribution < -0.4 is 10.1 Å². The molecule has 25 heavy (non-hydrogen) atoms. The molecule has 3 aromatic carbocycles. The molecule has 0 saturated heterocycles. The molecule has 0 bridgehead atoms. The number of ether oxygens (including phenoxy) is 1. The third-order valence-corrected chi connectivity index (χ3v) is 3.82. The normalized spacial score (nSPS) is 10.6. The molecule has 0 atom stereocenters. The van der Waals surface area contributed by atoms with Crippen molar-refractivity contribution in [3.05, 3.63) is 84.2 Å². The lowest BCUT2D eigenvalue weighted by atomic mass is 10.1. The highest BCUT2D eigenvalue weighted by Crippen LogP contribution is 2.24. The van der Waals surface area contributed by atoms with Gasteiger partial charge < -0.3 is 15.2 Å². The summed E-state index contributed by atoms with van der Waals surface area (Å²) >= 11 is 0. The molecule has 0 saturated carbocycles. The molecule has 2 N–H and O–H groups in total. The van der Waals surface area contributed by atoms with Crippen molar-refractivity contribution < 1.29 is 14.2 Å². The molecule has 0 unspecified atom stereocenters. The van der Waals surface area contributed by atoms with Gasteiger partial charge >= 0.3 is 0 Å². The van der Waals surface area contributed by atoms with E-state index in [1.807, 2.05) is 42.5 Å². The first kappa shape index (κ1) is 17.0. The van der Waals surface area contributed by atoms with Crippen LogP contribution in [0.15, 0.2) is 72.8 Å². The number of rotatable bonds is 7. The molecule has 128 valence electrons. The Bertz CT molecular complexity index is 801. The lowest BCUT2D eigenvalue weighted by Crippen LogP contribution is -2.20. The van der Waals surface area contributed by atoms with E-state index in [-0.39, 0.29) is 11.6 Å². The van der Waals surface area contributed by atoms with Crippen molar-refractivity contribution >= 4 is 0 Å². The van der Waals surface area contributed by atoms with Crippen LogP contribution in [0.1, 0.15) is 5.56 Å². The highest BCUT2D eigenvalue weighted by molar-refractivity contribution is 5.64. The quantitative estimate of drug-likeness (QED) is 0.629. The van der Waals surface area contributed by atoms with Crippen LogP contribution in [-0.4, -0.2) is 18.3 Å². The van der Waals surface area contributed by atoms with Gasteiger partial charge in [-0.05, 0) is 53.1 Å². The predicted octanol–water partition coefficient (Wildman–Crippen LogP) is 4.37. The summed E-state index contributed by atoms with van der Waals surface area (Å²) in [5.41, 5.74) is 3.02. The third-order valence-electron chi connectivity index (χ3n) is 3.82. The second-order valence-corrected chi connectivity index (χ2v) is 5.73. The van der Waals surface area contributed by atoms with Crippen LogP contribution in [0.25, 0.3) is 11.1 Å². The first-order chi connectivity index (χ1) is 12.2. The summed E-state index contributed by atoms with van der Waals surface area (Å²) in [6.45, 7) is 1.82. The molecule has 3 nitrogen and oxygen atoms in total. The van der Waals surface area contributed by atoms with E-state index in [2.05, 4.69) is 5.32 Å². The van der Waals surface area contributed by atoms with Gasteiger partial charge in [0, 0.05) is 13.1 Å². The second-order valence-electron chi connectivity index (χ2n) is 5.73. The van der Waals surface area contributed by atoms with Crippen molar-refractivity contribution in [2.75, 3.05) is 13.2 Å². The van der Waals surface area contributed by atoms with Crippen molar-refractivity contribution in [2.24, 2.45) is 0 Å². The molecule has 0 heterocycles. The van der Waals surface area contributed by atoms with Crippen LogP contribution in [0.4, 0.5) is 4.39 Å². The maximum absolute atomic E-state index is 13.1. The minimum absolute atomic E-state index is 0.218. The Morgan fingerprint density at radius 2 is 1.56 bits per heavy atom. The Labute approximate surface area is 146 Å². The molecule has 0 amide bonds. The van der Waals surface area contributed by atoms with Crippen LogP contribution >= 0.6 is 0 Å². The highest BCUT2D eigenvalue weighted by atomic mass is 19.1. The van der Waals surface area contributed by atoms with Crippen molar-refractivity contribution in [1.29, 1.82) is 0 Å². The van der Waals surface area contributed by atoms with Crippen LogP contribution in [0.2, 0.25) is 0 Å². The van der Waals surface area contributed by atoms with Gasteiger partial charge in [-0.25, -0.2) is 4.39 Å². The van der Waals surface area contributed by atoms with Crippen molar-refractivity contribution in [2.45, 2.75) is 6.54 Å². The number of benzene rings is 3. The molecule has 0 aliphatic rings. The molecule has 0 fully saturated rings. The van der Waals surface area contributed by atoms with Crippen LogP contribution in [-0.2, 0) is 6.54 Å². The fourth-order valence-corrected chi connectivity index (χ4v) is 2.52. The highest BCUT2D eigenvalue weighted by Gasteiger charge is 2.00. The summed E-state index contributed by atoms with van der Waals surface area (Å²) < 4.78 is 18.8. The van der Waals surface area contributed by atoms with Gasteiger partial charge in [0.1, 0.15) is 23.9 Å². The molecule has 3 rings (SSSR count). The van der Waals surface area contributed by atoms with E-state index >= 15 is 0 Å². The summed E-state index contributed by atoms with van der Waals surface area (Å²) in [6.07, 6.45) is 0. The van der Waals surface area contributed by atoms with E-state index in [4.69, 9.17) is 4.74 Å². The van der Waals surface area contributed by atoms with E-state index in [1.165, 1.54) is 12.1 Å². The number of halogens is 1. The van der Waals surface area contributed by atoms with Gasteiger partial charge in [0.2, 0.25) is 0 Å². The minimum atomic E-state index is -0.218. The number of aromatic hydroxyl groups is 1. The van der Waals surface area contributed by atoms with Crippen molar-refractivity contribution in [1.82, 2.24) is 5.32 Å².